The lowest BCUT2D eigenvalue weighted by molar-refractivity contribution is -0.208. The molecule has 5 unspecified atom stereocenters. The van der Waals surface area contributed by atoms with Gasteiger partial charge in [0.15, 0.2) is 0 Å². The minimum Gasteiger partial charge on any atom is -0.465 e. The van der Waals surface area contributed by atoms with Crippen LogP contribution in [0.1, 0.15) is 314 Å². The van der Waals surface area contributed by atoms with E-state index in [1.807, 2.05) is 6.92 Å². The Hall–Kier alpha value is -2.98. The summed E-state index contributed by atoms with van der Waals surface area (Å²) in [7, 11) is 0. The Kier molecular flexibility index (Phi) is 18.7. The monoisotopic (exact) mass is 1260 g/mol. The molecule has 10 aliphatic carbocycles. The second kappa shape index (κ2) is 24.5. The summed E-state index contributed by atoms with van der Waals surface area (Å²) in [6.07, 6.45) is 40.7. The number of esters is 2. The normalized spacial score (nSPS) is 41.4. The van der Waals surface area contributed by atoms with Crippen molar-refractivity contribution in [1.29, 1.82) is 0 Å². The number of fused-ring (bicyclic) bond motifs is 14. The van der Waals surface area contributed by atoms with E-state index in [0.717, 1.165) is 179 Å². The molecule has 0 bridgehead atoms. The first-order valence-corrected chi connectivity index (χ1v) is 38.1. The van der Waals surface area contributed by atoms with Crippen LogP contribution < -0.4 is 17.0 Å². The third-order valence-corrected chi connectivity index (χ3v) is 31.4. The fourth-order valence-electron chi connectivity index (χ4n) is 25.6. The maximum atomic E-state index is 14.8. The van der Waals surface area contributed by atoms with Crippen LogP contribution in [-0.2, 0) is 32.2 Å². The predicted molar refractivity (Wildman–Crippen MR) is 369 cm³/mol. The molecule has 0 amide bonds. The van der Waals surface area contributed by atoms with Crippen LogP contribution in [0.3, 0.4) is 0 Å². The highest BCUT2D eigenvalue weighted by Gasteiger charge is 2.74. The van der Waals surface area contributed by atoms with Crippen molar-refractivity contribution >= 4 is 11.9 Å². The SMILES string of the molecule is Cc1cn(CCCCCCCCOC(=O)[C@]23CCC(C)(C)C[C@@]2(N)C2=CCC4[C@@]5(C)CC[C@H](O)C(C)(C)C5CC[C@@]4(C)[C@]2(C)CC3)c(=O)n(CCCCCCCCOC(=O)[C@]23CCC(C)(C)C[C@@H]2C2=CCC4[C@@]5(C)CCCC(C)(C)C5CC[C@@]4(C)C2(C)CC3)c1=O. The van der Waals surface area contributed by atoms with E-state index in [2.05, 4.69) is 109 Å². The Morgan fingerprint density at radius 2 is 1.10 bits per heavy atom. The number of hydrogen-bond donors (Lipinski definition) is 2. The van der Waals surface area contributed by atoms with E-state index in [1.54, 1.807) is 16.3 Å². The van der Waals surface area contributed by atoms with Gasteiger partial charge in [-0.1, -0.05) is 172 Å². The highest BCUT2D eigenvalue weighted by molar-refractivity contribution is 5.81. The summed E-state index contributed by atoms with van der Waals surface area (Å²) in [5, 5.41) is 11.2. The quantitative estimate of drug-likeness (QED) is 0.0746. The van der Waals surface area contributed by atoms with E-state index in [1.165, 1.54) is 48.7 Å². The molecule has 1 heterocycles. The molecule has 15 atom stereocenters. The summed E-state index contributed by atoms with van der Waals surface area (Å²) < 4.78 is 15.9. The molecule has 512 valence electrons. The Bertz CT molecular complexity index is 3070. The summed E-state index contributed by atoms with van der Waals surface area (Å²) in [5.74, 6) is 2.75. The third kappa shape index (κ3) is 11.2. The Morgan fingerprint density at radius 3 is 1.77 bits per heavy atom. The first-order chi connectivity index (χ1) is 42.6. The number of rotatable bonds is 20. The van der Waals surface area contributed by atoms with Crippen LogP contribution in [0.5, 0.6) is 0 Å². The zero-order valence-electron chi connectivity index (χ0n) is 60.7. The van der Waals surface area contributed by atoms with Gasteiger partial charge in [-0.15, -0.1) is 0 Å². The zero-order chi connectivity index (χ0) is 65.9. The van der Waals surface area contributed by atoms with E-state index in [4.69, 9.17) is 15.2 Å². The first kappa shape index (κ1) is 69.4. The molecule has 1 aromatic rings. The van der Waals surface area contributed by atoms with Crippen molar-refractivity contribution < 1.29 is 24.2 Å². The van der Waals surface area contributed by atoms with Crippen LogP contribution in [0.2, 0.25) is 0 Å². The number of carbonyl (C=O) groups is 2. The molecular weight excluding hydrogens is 1130 g/mol. The van der Waals surface area contributed by atoms with Crippen molar-refractivity contribution in [2.75, 3.05) is 13.2 Å². The lowest BCUT2D eigenvalue weighted by Crippen LogP contribution is -2.73. The predicted octanol–water partition coefficient (Wildman–Crippen LogP) is 18.5. The average molecular weight is 1260 g/mol. The maximum absolute atomic E-state index is 14.8. The fourth-order valence-corrected chi connectivity index (χ4v) is 25.6. The number of nitrogens with two attached hydrogens (primary N) is 1. The van der Waals surface area contributed by atoms with Gasteiger partial charge in [-0.2, -0.15) is 0 Å². The number of hydrogen-bond acceptors (Lipinski definition) is 8. The molecule has 8 fully saturated rings. The second-order valence-corrected chi connectivity index (χ2v) is 38.0. The summed E-state index contributed by atoms with van der Waals surface area (Å²) in [4.78, 5) is 56.4. The van der Waals surface area contributed by atoms with Crippen LogP contribution >= 0.6 is 0 Å². The molecule has 0 saturated heterocycles. The van der Waals surface area contributed by atoms with Crippen molar-refractivity contribution in [1.82, 2.24) is 9.13 Å². The van der Waals surface area contributed by atoms with Gasteiger partial charge in [0, 0.05) is 24.8 Å². The number of aryl methyl sites for hydroxylation is 2. The van der Waals surface area contributed by atoms with Gasteiger partial charge in [-0.25, -0.2) is 4.79 Å². The van der Waals surface area contributed by atoms with E-state index in [9.17, 15) is 24.3 Å². The van der Waals surface area contributed by atoms with Gasteiger partial charge in [0.25, 0.3) is 5.56 Å². The molecule has 0 radical (unpaired) electrons. The number of carbonyl (C=O) groups excluding carboxylic acids is 2. The van der Waals surface area contributed by atoms with E-state index >= 15 is 0 Å². The van der Waals surface area contributed by atoms with E-state index in [0.29, 0.717) is 60.5 Å². The standard InChI is InChI=1S/C81H131N3O7/c1-56-54-83(49-24-20-16-18-23-27-52-91-67(88)80-47-42-70(4,5)55-81(80,82)63-32-31-62-74(11)38-35-64(85)72(8,9)60(74)34-40-77(62,14)78(63,15)44-48-80)68(89)84(65(56)86)50-25-21-17-19-22-26-51-90-66(87)79-45-41-69(2,3)53-58(79)57-29-30-61-73(10)37-28-36-71(6,7)59(73)33-39-76(61,13)75(57,12)43-46-79/h29,32,54,58-62,64,85H,16-28,30-31,33-53,55,82H2,1-15H3/t58-,59?,60?,61?,62?,64+,73+,74+,75?,76-,77-,78-,79+,80-,81-/m1/s1. The lowest BCUT2D eigenvalue weighted by Gasteiger charge is -2.72. The van der Waals surface area contributed by atoms with E-state index < -0.39 is 16.4 Å². The van der Waals surface area contributed by atoms with Crippen LogP contribution in [0.4, 0.5) is 0 Å². The molecule has 3 N–H and O–H groups in total. The summed E-state index contributed by atoms with van der Waals surface area (Å²) >= 11 is 0. The van der Waals surface area contributed by atoms with Gasteiger partial charge < -0.3 is 24.9 Å². The minimum absolute atomic E-state index is 0.0257. The minimum atomic E-state index is -0.750. The van der Waals surface area contributed by atoms with Gasteiger partial charge in [0.2, 0.25) is 0 Å². The van der Waals surface area contributed by atoms with Gasteiger partial charge in [-0.3, -0.25) is 19.0 Å². The molecule has 1 aromatic heterocycles. The van der Waals surface area contributed by atoms with Gasteiger partial charge in [0.1, 0.15) is 0 Å². The smallest absolute Gasteiger partial charge is 0.330 e. The summed E-state index contributed by atoms with van der Waals surface area (Å²) in [6, 6.07) is 0. The van der Waals surface area contributed by atoms with Crippen LogP contribution in [0.25, 0.3) is 0 Å². The molecule has 8 saturated carbocycles. The number of aromatic nitrogens is 2. The lowest BCUT2D eigenvalue weighted by atomic mass is 9.32. The van der Waals surface area contributed by atoms with Gasteiger partial charge >= 0.3 is 17.6 Å². The fraction of sp³-hybridized carbons (Fsp3) is 0.877. The average Bonchev–Trinajstić information content (AvgIpc) is 0.676. The van der Waals surface area contributed by atoms with Gasteiger partial charge in [0.05, 0.1) is 35.7 Å². The van der Waals surface area contributed by atoms with E-state index in [-0.39, 0.29) is 78.5 Å². The molecule has 0 aromatic carbocycles. The Balaban J connectivity index is 0.599. The largest absolute Gasteiger partial charge is 0.465 e. The topological polar surface area (TPSA) is 143 Å². The van der Waals surface area contributed by atoms with Crippen molar-refractivity contribution in [3.05, 3.63) is 55.9 Å². The molecule has 0 spiro atoms. The molecule has 10 aliphatic rings. The van der Waals surface area contributed by atoms with Crippen molar-refractivity contribution in [3.63, 3.8) is 0 Å². The van der Waals surface area contributed by atoms with Crippen molar-refractivity contribution in [2.24, 2.45) is 100 Å². The number of unbranched alkanes of at least 4 members (excludes halogenated alkanes) is 10. The number of aliphatic hydroxyl groups excluding tert-OH is 1. The van der Waals surface area contributed by atoms with Crippen molar-refractivity contribution in [2.45, 2.75) is 340 Å². The maximum Gasteiger partial charge on any atom is 0.330 e. The molecule has 10 heteroatoms. The highest BCUT2D eigenvalue weighted by Crippen LogP contribution is 2.78. The Morgan fingerprint density at radius 1 is 0.560 bits per heavy atom. The third-order valence-electron chi connectivity index (χ3n) is 31.4. The zero-order valence-corrected chi connectivity index (χ0v) is 60.7. The first-order valence-electron chi connectivity index (χ1n) is 38.1. The van der Waals surface area contributed by atoms with Crippen LogP contribution in [-0.4, -0.2) is 51.0 Å². The highest BCUT2D eigenvalue weighted by atomic mass is 16.5. The number of aliphatic hydroxyl groups is 1. The van der Waals surface area contributed by atoms with Crippen LogP contribution in [0.15, 0.2) is 39.1 Å². The second-order valence-electron chi connectivity index (χ2n) is 38.0. The molecule has 0 aliphatic heterocycles. The van der Waals surface area contributed by atoms with Crippen LogP contribution in [0, 0.1) is 101 Å². The summed E-state index contributed by atoms with van der Waals surface area (Å²) in [6.45, 7) is 38.7. The number of allylic oxidation sites excluding steroid dienone is 3. The Labute approximate surface area is 552 Å². The van der Waals surface area contributed by atoms with Crippen molar-refractivity contribution in [3.8, 4) is 0 Å². The molecule has 10 nitrogen and oxygen atoms in total. The number of nitrogens with zero attached hydrogens (tertiary/aromatic N) is 2. The molecule has 91 heavy (non-hydrogen) atoms. The van der Waals surface area contributed by atoms with Gasteiger partial charge in [-0.05, 0) is 250 Å². The number of ether oxygens (including phenoxy) is 2. The molecular formula is C81H131N3O7. The summed E-state index contributed by atoms with van der Waals surface area (Å²) in [5.41, 5.74) is 10.7. The molecule has 11 rings (SSSR count).